The van der Waals surface area contributed by atoms with Gasteiger partial charge in [-0.05, 0) is 38.1 Å². The number of hydrogen-bond acceptors (Lipinski definition) is 4. The molecule has 5 nitrogen and oxygen atoms in total. The number of thioether (sulfide) groups is 1. The van der Waals surface area contributed by atoms with Gasteiger partial charge in [-0.2, -0.15) is 0 Å². The standard InChI is InChI=1S/C19H20N4OS/c1-3-22-16-6-4-5-7-17(16)23-18(22)20-21-19(23)25-13-12-24-15-10-8-14(2)9-11-15/h4-11H,3,12-13H2,1-2H3. The molecule has 0 saturated carbocycles. The fourth-order valence-corrected chi connectivity index (χ4v) is 3.73. The molecule has 0 bridgehead atoms. The van der Waals surface area contributed by atoms with Crippen LogP contribution in [0.2, 0.25) is 0 Å². The van der Waals surface area contributed by atoms with Crippen molar-refractivity contribution >= 4 is 28.6 Å². The van der Waals surface area contributed by atoms with Gasteiger partial charge in [0.25, 0.3) is 0 Å². The molecule has 0 spiro atoms. The van der Waals surface area contributed by atoms with Gasteiger partial charge < -0.3 is 9.30 Å². The van der Waals surface area contributed by atoms with Crippen molar-refractivity contribution in [3.8, 4) is 5.75 Å². The maximum atomic E-state index is 5.80. The Morgan fingerprint density at radius 3 is 2.52 bits per heavy atom. The first kappa shape index (κ1) is 16.0. The lowest BCUT2D eigenvalue weighted by atomic mass is 10.2. The first-order valence-corrected chi connectivity index (χ1v) is 9.41. The maximum Gasteiger partial charge on any atom is 0.237 e. The zero-order valence-corrected chi connectivity index (χ0v) is 15.2. The van der Waals surface area contributed by atoms with E-state index < -0.39 is 0 Å². The van der Waals surface area contributed by atoms with E-state index in [2.05, 4.69) is 69.4 Å². The van der Waals surface area contributed by atoms with Crippen molar-refractivity contribution in [3.63, 3.8) is 0 Å². The lowest BCUT2D eigenvalue weighted by Crippen LogP contribution is -2.00. The molecule has 0 aliphatic carbocycles. The minimum absolute atomic E-state index is 0.634. The molecule has 0 aliphatic heterocycles. The summed E-state index contributed by atoms with van der Waals surface area (Å²) in [6.45, 7) is 5.71. The van der Waals surface area contributed by atoms with E-state index in [1.54, 1.807) is 11.8 Å². The highest BCUT2D eigenvalue weighted by Crippen LogP contribution is 2.25. The second kappa shape index (κ2) is 6.80. The molecule has 2 aromatic heterocycles. The van der Waals surface area contributed by atoms with Crippen molar-refractivity contribution in [1.82, 2.24) is 19.2 Å². The monoisotopic (exact) mass is 352 g/mol. The van der Waals surface area contributed by atoms with Crippen LogP contribution in [0.1, 0.15) is 12.5 Å². The normalized spacial score (nSPS) is 11.4. The summed E-state index contributed by atoms with van der Waals surface area (Å²) in [6, 6.07) is 16.5. The van der Waals surface area contributed by atoms with Crippen molar-refractivity contribution < 1.29 is 4.74 Å². The van der Waals surface area contributed by atoms with Gasteiger partial charge in [-0.15, -0.1) is 10.2 Å². The molecule has 4 aromatic rings. The minimum atomic E-state index is 0.634. The molecule has 0 atom stereocenters. The molecular formula is C19H20N4OS. The van der Waals surface area contributed by atoms with Crippen LogP contribution in [0.5, 0.6) is 5.75 Å². The average molecular weight is 352 g/mol. The third-order valence-electron chi connectivity index (χ3n) is 4.19. The quantitative estimate of drug-likeness (QED) is 0.386. The molecule has 6 heteroatoms. The summed E-state index contributed by atoms with van der Waals surface area (Å²) in [5.74, 6) is 2.62. The van der Waals surface area contributed by atoms with E-state index in [9.17, 15) is 0 Å². The van der Waals surface area contributed by atoms with Gasteiger partial charge in [0.05, 0.1) is 17.6 Å². The fraction of sp³-hybridized carbons (Fsp3) is 0.263. The lowest BCUT2D eigenvalue weighted by molar-refractivity contribution is 0.344. The van der Waals surface area contributed by atoms with Crippen LogP contribution in [-0.4, -0.2) is 31.5 Å². The number of aryl methyl sites for hydroxylation is 2. The van der Waals surface area contributed by atoms with Crippen LogP contribution in [0.4, 0.5) is 0 Å². The second-order valence-corrected chi connectivity index (χ2v) is 6.92. The van der Waals surface area contributed by atoms with Crippen LogP contribution >= 0.6 is 11.8 Å². The summed E-state index contributed by atoms with van der Waals surface area (Å²) in [5.41, 5.74) is 3.57. The van der Waals surface area contributed by atoms with E-state index in [0.29, 0.717) is 6.61 Å². The number of imidazole rings is 1. The van der Waals surface area contributed by atoms with Gasteiger partial charge >= 0.3 is 0 Å². The molecule has 25 heavy (non-hydrogen) atoms. The molecule has 0 N–H and O–H groups in total. The van der Waals surface area contributed by atoms with Gasteiger partial charge in [0, 0.05) is 12.3 Å². The first-order chi connectivity index (χ1) is 12.3. The largest absolute Gasteiger partial charge is 0.493 e. The number of rotatable bonds is 6. The number of hydrogen-bond donors (Lipinski definition) is 0. The number of aromatic nitrogens is 4. The third kappa shape index (κ3) is 2.98. The highest BCUT2D eigenvalue weighted by Gasteiger charge is 2.15. The Morgan fingerprint density at radius 1 is 1.00 bits per heavy atom. The average Bonchev–Trinajstić information content (AvgIpc) is 3.18. The molecule has 0 amide bonds. The Hall–Kier alpha value is -2.47. The molecule has 0 aliphatic rings. The van der Waals surface area contributed by atoms with Crippen LogP contribution in [0.15, 0.2) is 53.7 Å². The molecule has 2 aromatic carbocycles. The summed E-state index contributed by atoms with van der Waals surface area (Å²) >= 11 is 1.67. The summed E-state index contributed by atoms with van der Waals surface area (Å²) in [4.78, 5) is 0. The van der Waals surface area contributed by atoms with Gasteiger partial charge in [-0.3, -0.25) is 4.40 Å². The summed E-state index contributed by atoms with van der Waals surface area (Å²) in [7, 11) is 0. The second-order valence-electron chi connectivity index (χ2n) is 5.86. The van der Waals surface area contributed by atoms with Crippen LogP contribution < -0.4 is 4.74 Å². The van der Waals surface area contributed by atoms with Crippen molar-refractivity contribution in [2.24, 2.45) is 0 Å². The number of fused-ring (bicyclic) bond motifs is 3. The van der Waals surface area contributed by atoms with E-state index >= 15 is 0 Å². The van der Waals surface area contributed by atoms with Crippen molar-refractivity contribution in [2.75, 3.05) is 12.4 Å². The Morgan fingerprint density at radius 2 is 1.76 bits per heavy atom. The highest BCUT2D eigenvalue weighted by atomic mass is 32.2. The Balaban J connectivity index is 1.51. The van der Waals surface area contributed by atoms with Crippen LogP contribution in [-0.2, 0) is 6.54 Å². The van der Waals surface area contributed by atoms with E-state index in [1.165, 1.54) is 11.1 Å². The number of ether oxygens (including phenoxy) is 1. The van der Waals surface area contributed by atoms with E-state index in [0.717, 1.165) is 34.5 Å². The topological polar surface area (TPSA) is 44.4 Å². The van der Waals surface area contributed by atoms with Gasteiger partial charge in [-0.1, -0.05) is 41.6 Å². The molecule has 0 saturated heterocycles. The Bertz CT molecular complexity index is 1000. The Labute approximate surface area is 150 Å². The van der Waals surface area contributed by atoms with Gasteiger partial charge in [0.1, 0.15) is 5.75 Å². The minimum Gasteiger partial charge on any atom is -0.493 e. The van der Waals surface area contributed by atoms with Gasteiger partial charge in [-0.25, -0.2) is 0 Å². The first-order valence-electron chi connectivity index (χ1n) is 8.42. The molecule has 0 unspecified atom stereocenters. The molecule has 4 rings (SSSR count). The summed E-state index contributed by atoms with van der Waals surface area (Å²) < 4.78 is 10.1. The fourth-order valence-electron chi connectivity index (χ4n) is 2.97. The van der Waals surface area contributed by atoms with Gasteiger partial charge in [0.15, 0.2) is 5.16 Å². The summed E-state index contributed by atoms with van der Waals surface area (Å²) in [6.07, 6.45) is 0. The van der Waals surface area contributed by atoms with Crippen molar-refractivity contribution in [3.05, 3.63) is 54.1 Å². The van der Waals surface area contributed by atoms with E-state index in [1.807, 2.05) is 12.1 Å². The van der Waals surface area contributed by atoms with Crippen molar-refractivity contribution in [2.45, 2.75) is 25.5 Å². The maximum absolute atomic E-state index is 5.80. The molecule has 2 heterocycles. The van der Waals surface area contributed by atoms with Crippen LogP contribution in [0.3, 0.4) is 0 Å². The number of nitrogens with zero attached hydrogens (tertiary/aromatic N) is 4. The summed E-state index contributed by atoms with van der Waals surface area (Å²) in [5, 5.41) is 9.67. The SMILES string of the molecule is CCn1c2ccccc2n2c(SCCOc3ccc(C)cc3)nnc12. The van der Waals surface area contributed by atoms with Crippen LogP contribution in [0.25, 0.3) is 16.8 Å². The van der Waals surface area contributed by atoms with E-state index in [-0.39, 0.29) is 0 Å². The van der Waals surface area contributed by atoms with Crippen molar-refractivity contribution in [1.29, 1.82) is 0 Å². The number of para-hydroxylation sites is 2. The zero-order valence-electron chi connectivity index (χ0n) is 14.3. The Kier molecular flexibility index (Phi) is 4.36. The smallest absolute Gasteiger partial charge is 0.237 e. The van der Waals surface area contributed by atoms with Crippen LogP contribution in [0, 0.1) is 6.92 Å². The highest BCUT2D eigenvalue weighted by molar-refractivity contribution is 7.99. The molecular weight excluding hydrogens is 332 g/mol. The predicted molar refractivity (Wildman–Crippen MR) is 102 cm³/mol. The van der Waals surface area contributed by atoms with E-state index in [4.69, 9.17) is 4.74 Å². The molecule has 128 valence electrons. The zero-order chi connectivity index (χ0) is 17.2. The lowest BCUT2D eigenvalue weighted by Gasteiger charge is -2.05. The number of benzene rings is 2. The predicted octanol–water partition coefficient (Wildman–Crippen LogP) is 4.18. The molecule has 0 radical (unpaired) electrons. The third-order valence-corrected chi connectivity index (χ3v) is 5.08. The molecule has 0 fully saturated rings. The van der Waals surface area contributed by atoms with Gasteiger partial charge in [0.2, 0.25) is 5.78 Å².